The fraction of sp³-hybridized carbons (Fsp3) is 0.500. The van der Waals surface area contributed by atoms with E-state index in [1.165, 1.54) is 0 Å². The molecule has 8 heteroatoms. The average Bonchev–Trinajstić information content (AvgIpc) is 2.51. The van der Waals surface area contributed by atoms with Gasteiger partial charge in [-0.25, -0.2) is 4.79 Å². The predicted octanol–water partition coefficient (Wildman–Crippen LogP) is 1.34. The maximum Gasteiger partial charge on any atom is 0.328 e. The van der Waals surface area contributed by atoms with Crippen molar-refractivity contribution in [2.45, 2.75) is 38.6 Å². The first-order valence-electron chi connectivity index (χ1n) is 7.77. The van der Waals surface area contributed by atoms with E-state index in [4.69, 9.17) is 9.29 Å². The third-order valence-electron chi connectivity index (χ3n) is 3.28. The third-order valence-corrected chi connectivity index (χ3v) is 4.03. The first-order valence-corrected chi connectivity index (χ1v) is 9.38. The summed E-state index contributed by atoms with van der Waals surface area (Å²) in [5.41, 5.74) is 1.11. The van der Waals surface area contributed by atoms with Crippen LogP contribution in [0.2, 0.25) is 0 Å². The van der Waals surface area contributed by atoms with Crippen LogP contribution < -0.4 is 5.32 Å². The molecule has 134 valence electrons. The molecule has 1 aromatic carbocycles. The van der Waals surface area contributed by atoms with Crippen molar-refractivity contribution in [1.29, 1.82) is 0 Å². The fourth-order valence-electron chi connectivity index (χ4n) is 2.12. The summed E-state index contributed by atoms with van der Waals surface area (Å²) in [5.74, 6) is -1.70. The van der Waals surface area contributed by atoms with Crippen molar-refractivity contribution in [2.24, 2.45) is 0 Å². The maximum atomic E-state index is 11.9. The SMILES string of the molecule is CCOC(=O)[C@H](CCS(=O)(=O)O)NC(=O)CCCc1ccccc1. The fourth-order valence-corrected chi connectivity index (χ4v) is 2.66. The number of benzene rings is 1. The number of rotatable bonds is 10. The summed E-state index contributed by atoms with van der Waals surface area (Å²) in [6, 6.07) is 8.59. The Morgan fingerprint density at radius 3 is 2.50 bits per heavy atom. The molecular weight excluding hydrogens is 334 g/mol. The number of carbonyl (C=O) groups is 2. The molecule has 0 saturated carbocycles. The van der Waals surface area contributed by atoms with E-state index in [0.29, 0.717) is 6.42 Å². The van der Waals surface area contributed by atoms with Crippen LogP contribution >= 0.6 is 0 Å². The van der Waals surface area contributed by atoms with E-state index in [-0.39, 0.29) is 25.4 Å². The zero-order valence-electron chi connectivity index (χ0n) is 13.6. The summed E-state index contributed by atoms with van der Waals surface area (Å²) >= 11 is 0. The second kappa shape index (κ2) is 10.0. The summed E-state index contributed by atoms with van der Waals surface area (Å²) in [5, 5.41) is 2.47. The standard InChI is InChI=1S/C16H23NO6S/c1-2-23-16(19)14(11-12-24(20,21)22)17-15(18)10-6-9-13-7-4-3-5-8-13/h3-5,7-8,14H,2,6,9-12H2,1H3,(H,17,18)(H,20,21,22)/t14-/m0/s1. The number of esters is 1. The molecule has 2 N–H and O–H groups in total. The molecule has 0 radical (unpaired) electrons. The molecule has 1 rings (SSSR count). The van der Waals surface area contributed by atoms with E-state index in [9.17, 15) is 18.0 Å². The first kappa shape index (κ1) is 20.1. The molecule has 0 aliphatic carbocycles. The highest BCUT2D eigenvalue weighted by Gasteiger charge is 2.23. The van der Waals surface area contributed by atoms with Gasteiger partial charge >= 0.3 is 5.97 Å². The summed E-state index contributed by atoms with van der Waals surface area (Å²) in [4.78, 5) is 23.7. The Morgan fingerprint density at radius 1 is 1.25 bits per heavy atom. The van der Waals surface area contributed by atoms with Crippen LogP contribution in [0, 0.1) is 0 Å². The molecule has 24 heavy (non-hydrogen) atoms. The van der Waals surface area contributed by atoms with Gasteiger partial charge in [0.2, 0.25) is 5.91 Å². The highest BCUT2D eigenvalue weighted by molar-refractivity contribution is 7.85. The number of hydrogen-bond acceptors (Lipinski definition) is 5. The molecule has 0 spiro atoms. The lowest BCUT2D eigenvalue weighted by molar-refractivity contribution is -0.147. The molecular formula is C16H23NO6S. The van der Waals surface area contributed by atoms with Gasteiger partial charge in [0.1, 0.15) is 6.04 Å². The van der Waals surface area contributed by atoms with Gasteiger partial charge in [-0.15, -0.1) is 0 Å². The molecule has 1 amide bonds. The number of ether oxygens (including phenoxy) is 1. The lowest BCUT2D eigenvalue weighted by atomic mass is 10.1. The van der Waals surface area contributed by atoms with Crippen LogP contribution in [0.4, 0.5) is 0 Å². The Labute approximate surface area is 142 Å². The van der Waals surface area contributed by atoms with E-state index >= 15 is 0 Å². The number of carbonyl (C=O) groups excluding carboxylic acids is 2. The van der Waals surface area contributed by atoms with E-state index in [2.05, 4.69) is 5.32 Å². The first-order chi connectivity index (χ1) is 11.3. The van der Waals surface area contributed by atoms with Crippen LogP contribution in [0.1, 0.15) is 31.7 Å². The lowest BCUT2D eigenvalue weighted by Crippen LogP contribution is -2.43. The highest BCUT2D eigenvalue weighted by Crippen LogP contribution is 2.06. The Kier molecular flexibility index (Phi) is 8.42. The molecule has 0 unspecified atom stereocenters. The van der Waals surface area contributed by atoms with E-state index in [0.717, 1.165) is 12.0 Å². The van der Waals surface area contributed by atoms with Crippen LogP contribution in [0.5, 0.6) is 0 Å². The van der Waals surface area contributed by atoms with E-state index < -0.39 is 27.9 Å². The van der Waals surface area contributed by atoms with Crippen molar-refractivity contribution in [1.82, 2.24) is 5.32 Å². The molecule has 1 atom stereocenters. The molecule has 0 aliphatic heterocycles. The van der Waals surface area contributed by atoms with Crippen molar-refractivity contribution in [3.8, 4) is 0 Å². The second-order valence-corrected chi connectivity index (χ2v) is 6.86. The normalized spacial score (nSPS) is 12.4. The van der Waals surface area contributed by atoms with Crippen LogP contribution in [-0.2, 0) is 30.9 Å². The topological polar surface area (TPSA) is 110 Å². The Balaban J connectivity index is 2.48. The van der Waals surface area contributed by atoms with E-state index in [1.807, 2.05) is 30.3 Å². The average molecular weight is 357 g/mol. The van der Waals surface area contributed by atoms with Gasteiger partial charge in [-0.3, -0.25) is 9.35 Å². The Bertz CT molecular complexity index is 629. The number of amides is 1. The number of aryl methyl sites for hydroxylation is 1. The second-order valence-electron chi connectivity index (χ2n) is 5.29. The van der Waals surface area contributed by atoms with Crippen molar-refractivity contribution in [2.75, 3.05) is 12.4 Å². The monoisotopic (exact) mass is 357 g/mol. The molecule has 0 fully saturated rings. The van der Waals surface area contributed by atoms with Gasteiger partial charge in [0, 0.05) is 6.42 Å². The summed E-state index contributed by atoms with van der Waals surface area (Å²) < 4.78 is 35.2. The molecule has 0 saturated heterocycles. The van der Waals surface area contributed by atoms with Gasteiger partial charge in [-0.1, -0.05) is 30.3 Å². The van der Waals surface area contributed by atoms with Gasteiger partial charge in [-0.2, -0.15) is 8.42 Å². The van der Waals surface area contributed by atoms with Crippen molar-refractivity contribution in [3.05, 3.63) is 35.9 Å². The molecule has 7 nitrogen and oxygen atoms in total. The van der Waals surface area contributed by atoms with Gasteiger partial charge in [0.15, 0.2) is 0 Å². The maximum absolute atomic E-state index is 11.9. The Hall–Kier alpha value is -1.93. The Morgan fingerprint density at radius 2 is 1.92 bits per heavy atom. The van der Waals surface area contributed by atoms with Gasteiger partial charge in [0.25, 0.3) is 10.1 Å². The van der Waals surface area contributed by atoms with Crippen LogP contribution in [0.25, 0.3) is 0 Å². The molecule has 0 bridgehead atoms. The minimum atomic E-state index is -4.22. The number of hydrogen-bond donors (Lipinski definition) is 2. The molecule has 1 aromatic rings. The summed E-state index contributed by atoms with van der Waals surface area (Å²) in [6.45, 7) is 1.73. The largest absolute Gasteiger partial charge is 0.464 e. The molecule has 0 aromatic heterocycles. The summed E-state index contributed by atoms with van der Waals surface area (Å²) in [6.07, 6.45) is 1.30. The minimum absolute atomic E-state index is 0.116. The zero-order chi connectivity index (χ0) is 18.0. The molecule has 0 aliphatic rings. The highest BCUT2D eigenvalue weighted by atomic mass is 32.2. The number of nitrogens with one attached hydrogen (secondary N) is 1. The van der Waals surface area contributed by atoms with Gasteiger partial charge in [0.05, 0.1) is 12.4 Å². The van der Waals surface area contributed by atoms with Gasteiger partial charge < -0.3 is 10.1 Å². The zero-order valence-corrected chi connectivity index (χ0v) is 14.4. The van der Waals surface area contributed by atoms with Crippen LogP contribution in [-0.4, -0.2) is 43.2 Å². The lowest BCUT2D eigenvalue weighted by Gasteiger charge is -2.16. The van der Waals surface area contributed by atoms with Gasteiger partial charge in [-0.05, 0) is 31.7 Å². The summed E-state index contributed by atoms with van der Waals surface area (Å²) in [7, 11) is -4.22. The third kappa shape index (κ3) is 8.64. The van der Waals surface area contributed by atoms with Crippen LogP contribution in [0.3, 0.4) is 0 Å². The predicted molar refractivity (Wildman–Crippen MR) is 89.0 cm³/mol. The van der Waals surface area contributed by atoms with Crippen molar-refractivity contribution >= 4 is 22.0 Å². The molecule has 0 heterocycles. The van der Waals surface area contributed by atoms with Crippen LogP contribution in [0.15, 0.2) is 30.3 Å². The van der Waals surface area contributed by atoms with Crippen molar-refractivity contribution in [3.63, 3.8) is 0 Å². The minimum Gasteiger partial charge on any atom is -0.464 e. The van der Waals surface area contributed by atoms with E-state index in [1.54, 1.807) is 6.92 Å². The quantitative estimate of drug-likeness (QED) is 0.483. The van der Waals surface area contributed by atoms with Crippen molar-refractivity contribution < 1.29 is 27.3 Å². The smallest absolute Gasteiger partial charge is 0.328 e.